The van der Waals surface area contributed by atoms with Crippen LogP contribution in [0.1, 0.15) is 20.8 Å². The third-order valence-electron chi connectivity index (χ3n) is 0.203. The molecule has 7 heteroatoms. The summed E-state index contributed by atoms with van der Waals surface area (Å²) in [6, 6.07) is 0. The molecule has 0 rings (SSSR count). The van der Waals surface area contributed by atoms with E-state index in [1.54, 1.807) is 6.92 Å². The summed E-state index contributed by atoms with van der Waals surface area (Å²) in [5, 5.41) is -0.190. The molecule has 74 valence electrons. The Morgan fingerprint density at radius 1 is 1.14 bits per heavy atom. The summed E-state index contributed by atoms with van der Waals surface area (Å²) in [6.45, 7) is 7.83. The Morgan fingerprint density at radius 3 is 1.21 bits per heavy atom. The van der Waals surface area contributed by atoms with Crippen LogP contribution < -0.4 is 51.4 Å². The Kier molecular flexibility index (Phi) is 92.6. The minimum atomic E-state index is -0.250. The first kappa shape index (κ1) is 36.1. The topological polar surface area (TPSA) is 34.1 Å². The van der Waals surface area contributed by atoms with Gasteiger partial charge in [-0.2, -0.15) is 6.92 Å². The van der Waals surface area contributed by atoms with Crippen molar-refractivity contribution in [1.82, 2.24) is 0 Å². The summed E-state index contributed by atoms with van der Waals surface area (Å²) in [6.07, 6.45) is 3.25. The van der Waals surface area contributed by atoms with Gasteiger partial charge in [-0.15, -0.1) is 0 Å². The van der Waals surface area contributed by atoms with Gasteiger partial charge in [0.05, 0.1) is 0 Å². The van der Waals surface area contributed by atoms with Crippen LogP contribution in [0.5, 0.6) is 0 Å². The Labute approximate surface area is 190 Å². The molecule has 0 unspecified atom stereocenters. The maximum Gasteiger partial charge on any atom is 1.00 e. The van der Waals surface area contributed by atoms with E-state index in [1.807, 2.05) is 0 Å². The molecule has 14 heavy (non-hydrogen) atoms. The van der Waals surface area contributed by atoms with E-state index in [-0.39, 0.29) is 127 Å². The average molecular weight is 410 g/mol. The van der Waals surface area contributed by atoms with Crippen LogP contribution in [0.2, 0.25) is 0 Å². The number of thioether (sulfide) groups is 1. The molecule has 0 saturated carbocycles. The molecule has 0 N–H and O–H groups in total. The zero-order valence-corrected chi connectivity index (χ0v) is 19.6. The molecule has 0 atom stereocenters. The normalized spacial score (nSPS) is 4.93. The van der Waals surface area contributed by atoms with Gasteiger partial charge in [-0.3, -0.25) is 22.8 Å². The van der Waals surface area contributed by atoms with Gasteiger partial charge in [0.2, 0.25) is 0 Å². The van der Waals surface area contributed by atoms with Crippen LogP contribution in [-0.4, -0.2) is 10.2 Å². The molecule has 0 aromatic heterocycles. The van der Waals surface area contributed by atoms with Gasteiger partial charge in [-0.05, 0) is 6.92 Å². The van der Waals surface area contributed by atoms with E-state index in [9.17, 15) is 9.59 Å². The second-order valence-electron chi connectivity index (χ2n) is 1.13. The van der Waals surface area contributed by atoms with Crippen molar-refractivity contribution in [2.45, 2.75) is 20.8 Å². The van der Waals surface area contributed by atoms with Crippen molar-refractivity contribution in [3.8, 4) is 0 Å². The molecule has 0 aliphatic carbocycles. The Hall–Kier alpha value is 3.75. The first-order valence-corrected chi connectivity index (χ1v) is 4.21. The van der Waals surface area contributed by atoms with Crippen molar-refractivity contribution in [3.63, 3.8) is 0 Å². The third kappa shape index (κ3) is 104. The molecule has 0 spiro atoms. The molecule has 0 fully saturated rings. The van der Waals surface area contributed by atoms with Crippen LogP contribution in [-0.2, 0) is 87.6 Å². The molecule has 0 bridgehead atoms. The summed E-state index contributed by atoms with van der Waals surface area (Å²) >= 11 is 4.97. The molecule has 2 nitrogen and oxygen atoms in total. The van der Waals surface area contributed by atoms with Gasteiger partial charge in [0.25, 0.3) is 0 Å². The van der Waals surface area contributed by atoms with Crippen molar-refractivity contribution in [3.05, 3.63) is 13.2 Å². The van der Waals surface area contributed by atoms with Crippen molar-refractivity contribution < 1.29 is 126 Å². The second kappa shape index (κ2) is 36.0. The molecular weight excluding hydrogens is 397 g/mol. The van der Waals surface area contributed by atoms with Crippen LogP contribution in [0.4, 0.5) is 0 Å². The molecule has 0 aliphatic rings. The van der Waals surface area contributed by atoms with E-state index in [2.05, 4.69) is 25.8 Å². The molecule has 0 aromatic carbocycles. The minimum absolute atomic E-state index is 0. The fraction of sp³-hybridized carbons (Fsp3) is 0.429. The smallest absolute Gasteiger partial charge is 0.742 e. The van der Waals surface area contributed by atoms with E-state index in [4.69, 9.17) is 0 Å². The van der Waals surface area contributed by atoms with Crippen molar-refractivity contribution >= 4 is 34.6 Å². The summed E-state index contributed by atoms with van der Waals surface area (Å²) < 4.78 is 0. The summed E-state index contributed by atoms with van der Waals surface area (Å²) in [5.41, 5.74) is 0. The first-order chi connectivity index (χ1) is 5.00. The third-order valence-corrected chi connectivity index (χ3v) is 0.610. The van der Waals surface area contributed by atoms with E-state index in [0.717, 1.165) is 11.8 Å². The minimum Gasteiger partial charge on any atom is -0.742 e. The number of carbonyl (C=O) groups excluding carboxylic acids is 2. The van der Waals surface area contributed by atoms with E-state index in [0.29, 0.717) is 0 Å². The van der Waals surface area contributed by atoms with Crippen LogP contribution >= 0.6 is 11.8 Å². The van der Waals surface area contributed by atoms with Crippen LogP contribution in [0.15, 0.2) is 0 Å². The van der Waals surface area contributed by atoms with Crippen molar-refractivity contribution in [1.29, 1.82) is 0 Å². The van der Waals surface area contributed by atoms with Crippen molar-refractivity contribution in [2.75, 3.05) is 0 Å². The zero-order chi connectivity index (χ0) is 9.86. The van der Waals surface area contributed by atoms with Gasteiger partial charge in [0.15, 0.2) is 5.12 Å². The van der Waals surface area contributed by atoms with Gasteiger partial charge in [-0.1, -0.05) is 0 Å². The zero-order valence-electron chi connectivity index (χ0n) is 9.20. The van der Waals surface area contributed by atoms with E-state index < -0.39 is 0 Å². The molecule has 0 saturated heterocycles. The number of carbonyl (C=O) groups is 2. The predicted molar refractivity (Wildman–Crippen MR) is 52.7 cm³/mol. The SMILES string of the molecule is CC(=O)[S-].[CH2-]C.[CH2-]SC(C)=O.[K+].[Y].[Y]. The molecular formula is C7H13KO2S2Y2-2. The van der Waals surface area contributed by atoms with E-state index in [1.165, 1.54) is 13.8 Å². The maximum absolute atomic E-state index is 9.71. The van der Waals surface area contributed by atoms with Gasteiger partial charge >= 0.3 is 51.4 Å². The first-order valence-electron chi connectivity index (χ1n) is 2.81. The largest absolute Gasteiger partial charge is 1.00 e. The van der Waals surface area contributed by atoms with Gasteiger partial charge in [-0.25, -0.2) is 0 Å². The fourth-order valence-electron chi connectivity index (χ4n) is 0. The van der Waals surface area contributed by atoms with E-state index >= 15 is 0 Å². The summed E-state index contributed by atoms with van der Waals surface area (Å²) in [5.74, 6) is 0. The molecule has 0 aliphatic heterocycles. The van der Waals surface area contributed by atoms with Crippen molar-refractivity contribution in [2.24, 2.45) is 0 Å². The van der Waals surface area contributed by atoms with Gasteiger partial charge in [0.1, 0.15) is 0 Å². The van der Waals surface area contributed by atoms with Gasteiger partial charge < -0.3 is 24.3 Å². The maximum atomic E-state index is 9.71. The molecule has 0 heterocycles. The second-order valence-corrected chi connectivity index (χ2v) is 2.57. The monoisotopic (exact) mass is 410 g/mol. The van der Waals surface area contributed by atoms with Crippen LogP contribution in [0.3, 0.4) is 0 Å². The molecule has 2 radical (unpaired) electrons. The average Bonchev–Trinajstić information content (AvgIpc) is 1.91. The molecule has 0 amide bonds. The number of hydrogen-bond donors (Lipinski definition) is 0. The number of hydrogen-bond acceptors (Lipinski definition) is 4. The fourth-order valence-corrected chi connectivity index (χ4v) is 0. The Morgan fingerprint density at radius 2 is 1.21 bits per heavy atom. The summed E-state index contributed by atoms with van der Waals surface area (Å²) in [7, 11) is 0. The molecule has 0 aromatic rings. The Bertz CT molecular complexity index is 112. The van der Waals surface area contributed by atoms with Gasteiger partial charge in [0, 0.05) is 77.5 Å². The quantitative estimate of drug-likeness (QED) is 0.291. The number of rotatable bonds is 0. The predicted octanol–water partition coefficient (Wildman–Crippen LogP) is -1.02. The standard InChI is InChI=1S/C3H5OS.C2H4OS.C2H5.K.2Y/c1-3(4)5-2;1-2(3)4;1-2;;;/h2H2,1H3;1H3,(H,3,4);1H2,2H3;;;/q-1;;-1;+1;;/p-1. The Balaban J connectivity index is -0.0000000166. The van der Waals surface area contributed by atoms with Crippen LogP contribution in [0.25, 0.3) is 0 Å². The summed E-state index contributed by atoms with van der Waals surface area (Å²) in [4.78, 5) is 19.0. The van der Waals surface area contributed by atoms with Crippen LogP contribution in [0, 0.1) is 13.2 Å².